The Hall–Kier alpha value is -1.89. The first-order valence-corrected chi connectivity index (χ1v) is 10.9. The van der Waals surface area contributed by atoms with Crippen LogP contribution in [-0.4, -0.2) is 74.9 Å². The summed E-state index contributed by atoms with van der Waals surface area (Å²) in [4.78, 5) is 26.9. The molecule has 3 heterocycles. The zero-order chi connectivity index (χ0) is 22.4. The third-order valence-corrected chi connectivity index (χ3v) is 7.12. The van der Waals surface area contributed by atoms with Crippen LogP contribution in [0.4, 0.5) is 16.2 Å². The van der Waals surface area contributed by atoms with Crippen molar-refractivity contribution in [2.75, 3.05) is 43.3 Å². The second-order valence-electron chi connectivity index (χ2n) is 7.82. The van der Waals surface area contributed by atoms with Gasteiger partial charge in [-0.1, -0.05) is 0 Å². The molecule has 2 fully saturated rings. The summed E-state index contributed by atoms with van der Waals surface area (Å²) in [5.74, 6) is -2.14. The number of nitrogens with zero attached hydrogens (tertiary/aromatic N) is 1. The summed E-state index contributed by atoms with van der Waals surface area (Å²) in [6.45, 7) is 3.78. The number of amides is 2. The normalized spacial score (nSPS) is 35.5. The maximum atomic E-state index is 12.7. The van der Waals surface area contributed by atoms with Crippen LogP contribution >= 0.6 is 11.8 Å². The van der Waals surface area contributed by atoms with Crippen LogP contribution in [0.15, 0.2) is 23.1 Å². The number of nitrogens with two attached hydrogens (primary N) is 1. The Morgan fingerprint density at radius 1 is 1.23 bits per heavy atom. The Balaban J connectivity index is 1.56. The summed E-state index contributed by atoms with van der Waals surface area (Å²) in [5.41, 5.74) is 7.23. The van der Waals surface area contributed by atoms with E-state index in [4.69, 9.17) is 29.4 Å². The number of carbonyl (C=O) groups is 2. The van der Waals surface area contributed by atoms with Gasteiger partial charge in [-0.05, 0) is 32.0 Å². The van der Waals surface area contributed by atoms with Crippen LogP contribution in [0.2, 0.25) is 0 Å². The number of thioether (sulfide) groups is 1. The number of nitrogens with one attached hydrogen (secondary N) is 1. The molecule has 0 saturated carbocycles. The minimum Gasteiger partial charge on any atom is -0.441 e. The van der Waals surface area contributed by atoms with Gasteiger partial charge in [-0.25, -0.2) is 4.79 Å². The third-order valence-electron chi connectivity index (χ3n) is 6.05. The lowest BCUT2D eigenvalue weighted by molar-refractivity contribution is -0.451. The van der Waals surface area contributed by atoms with E-state index in [2.05, 4.69) is 5.32 Å². The van der Waals surface area contributed by atoms with E-state index in [1.165, 1.54) is 30.9 Å². The van der Waals surface area contributed by atoms with E-state index in [0.29, 0.717) is 17.1 Å². The summed E-state index contributed by atoms with van der Waals surface area (Å²) >= 11 is 1.46. The van der Waals surface area contributed by atoms with Gasteiger partial charge in [-0.2, -0.15) is 0 Å². The summed E-state index contributed by atoms with van der Waals surface area (Å²) in [7, 11) is 2.99. The van der Waals surface area contributed by atoms with Crippen molar-refractivity contribution < 1.29 is 33.3 Å². The van der Waals surface area contributed by atoms with Crippen molar-refractivity contribution in [1.82, 2.24) is 0 Å². The van der Waals surface area contributed by atoms with Gasteiger partial charge in [0.15, 0.2) is 6.10 Å². The van der Waals surface area contributed by atoms with Crippen LogP contribution in [0.1, 0.15) is 13.8 Å². The molecule has 11 heteroatoms. The molecule has 170 valence electrons. The number of hydrogen-bond acceptors (Lipinski definition) is 9. The third kappa shape index (κ3) is 3.79. The van der Waals surface area contributed by atoms with Crippen LogP contribution < -0.4 is 16.0 Å². The topological polar surface area (TPSA) is 122 Å². The molecule has 5 atom stereocenters. The molecule has 2 amide bonds. The summed E-state index contributed by atoms with van der Waals surface area (Å²) in [6.07, 6.45) is -2.40. The Bertz CT molecular complexity index is 886. The van der Waals surface area contributed by atoms with Crippen molar-refractivity contribution in [3.8, 4) is 0 Å². The molecule has 3 aliphatic rings. The fraction of sp³-hybridized carbons (Fsp3) is 0.600. The second kappa shape index (κ2) is 8.23. The van der Waals surface area contributed by atoms with Crippen molar-refractivity contribution in [3.63, 3.8) is 0 Å². The molecule has 10 nitrogen and oxygen atoms in total. The van der Waals surface area contributed by atoms with Crippen LogP contribution in [0.3, 0.4) is 0 Å². The van der Waals surface area contributed by atoms with Gasteiger partial charge in [-0.15, -0.1) is 11.8 Å². The predicted molar refractivity (Wildman–Crippen MR) is 113 cm³/mol. The monoisotopic (exact) mass is 453 g/mol. The number of cyclic esters (lactones) is 1. The molecule has 1 unspecified atom stereocenters. The molecule has 3 aliphatic heterocycles. The number of methoxy groups -OCH3 is 2. The average Bonchev–Trinajstić information content (AvgIpc) is 3.16. The zero-order valence-corrected chi connectivity index (χ0v) is 18.7. The molecule has 0 radical (unpaired) electrons. The highest BCUT2D eigenvalue weighted by molar-refractivity contribution is 8.00. The Morgan fingerprint density at radius 2 is 1.94 bits per heavy atom. The minimum absolute atomic E-state index is 0.0740. The van der Waals surface area contributed by atoms with Crippen molar-refractivity contribution in [1.29, 1.82) is 0 Å². The highest BCUT2D eigenvalue weighted by atomic mass is 32.2. The van der Waals surface area contributed by atoms with Gasteiger partial charge in [0.1, 0.15) is 12.2 Å². The molecule has 0 bridgehead atoms. The number of ether oxygens (including phenoxy) is 5. The van der Waals surface area contributed by atoms with Gasteiger partial charge in [0, 0.05) is 31.3 Å². The molecule has 1 aromatic carbocycles. The number of fused-ring (bicyclic) bond motifs is 1. The standard InChI is InChI=1S/C20H27N3O7S/c1-19(26-3)20(2,27-4)30-17(13(8-21)29-19)14-9-23(18(25)28-14)11-5-6-15-12(7-11)22-16(24)10-31-15/h5-7,13-14,17H,8-10,21H2,1-4H3,(H,22,24)/t13-,14?,17+,19+,20+/m1/s1. The van der Waals surface area contributed by atoms with E-state index in [0.717, 1.165) is 4.90 Å². The largest absolute Gasteiger partial charge is 0.441 e. The van der Waals surface area contributed by atoms with E-state index in [1.807, 2.05) is 12.1 Å². The fourth-order valence-corrected chi connectivity index (χ4v) is 4.76. The van der Waals surface area contributed by atoms with Crippen LogP contribution in [0.25, 0.3) is 0 Å². The van der Waals surface area contributed by atoms with E-state index in [9.17, 15) is 9.59 Å². The maximum absolute atomic E-state index is 12.7. The van der Waals surface area contributed by atoms with Gasteiger partial charge in [0.25, 0.3) is 0 Å². The number of hydrogen-bond donors (Lipinski definition) is 2. The number of rotatable bonds is 5. The average molecular weight is 454 g/mol. The molecule has 4 rings (SSSR count). The Morgan fingerprint density at radius 3 is 2.61 bits per heavy atom. The first-order valence-electron chi connectivity index (χ1n) is 9.94. The highest BCUT2D eigenvalue weighted by Crippen LogP contribution is 2.42. The predicted octanol–water partition coefficient (Wildman–Crippen LogP) is 1.52. The van der Waals surface area contributed by atoms with Crippen molar-refractivity contribution in [2.24, 2.45) is 5.73 Å². The lowest BCUT2D eigenvalue weighted by atomic mass is 10.00. The highest BCUT2D eigenvalue weighted by Gasteiger charge is 2.59. The molecule has 3 N–H and O–H groups in total. The SMILES string of the molecule is CO[C@@]1(C)O[C@H](C2CN(c3ccc4c(c3)NC(=O)CS4)C(=O)O2)[C@@H](CN)O[C@]1(C)OC. The van der Waals surface area contributed by atoms with E-state index in [1.54, 1.807) is 19.9 Å². The molecule has 2 saturated heterocycles. The molecule has 0 spiro atoms. The Labute approximate surface area is 184 Å². The van der Waals surface area contributed by atoms with Crippen molar-refractivity contribution in [2.45, 2.75) is 48.6 Å². The molecule has 31 heavy (non-hydrogen) atoms. The first kappa shape index (κ1) is 22.3. The van der Waals surface area contributed by atoms with E-state index >= 15 is 0 Å². The molecule has 1 aromatic rings. The van der Waals surface area contributed by atoms with Gasteiger partial charge >= 0.3 is 6.09 Å². The van der Waals surface area contributed by atoms with Crippen LogP contribution in [0.5, 0.6) is 0 Å². The first-order chi connectivity index (χ1) is 14.7. The van der Waals surface area contributed by atoms with Gasteiger partial charge < -0.3 is 34.7 Å². The van der Waals surface area contributed by atoms with Gasteiger partial charge in [-0.3, -0.25) is 9.69 Å². The van der Waals surface area contributed by atoms with Crippen LogP contribution in [0, 0.1) is 0 Å². The van der Waals surface area contributed by atoms with Crippen LogP contribution in [-0.2, 0) is 28.5 Å². The molecule has 0 aromatic heterocycles. The Kier molecular flexibility index (Phi) is 5.92. The number of carbonyl (C=O) groups excluding carboxylic acids is 2. The quantitative estimate of drug-likeness (QED) is 0.683. The second-order valence-corrected chi connectivity index (χ2v) is 8.84. The smallest absolute Gasteiger partial charge is 0.414 e. The molecular weight excluding hydrogens is 426 g/mol. The summed E-state index contributed by atoms with van der Waals surface area (Å²) in [5, 5.41) is 2.83. The minimum atomic E-state index is -1.24. The molecule has 0 aliphatic carbocycles. The molecular formula is C20H27N3O7S. The van der Waals surface area contributed by atoms with Crippen molar-refractivity contribution >= 4 is 35.1 Å². The summed E-state index contributed by atoms with van der Waals surface area (Å²) in [6, 6.07) is 5.47. The zero-order valence-electron chi connectivity index (χ0n) is 17.9. The van der Waals surface area contributed by atoms with Gasteiger partial charge in [0.2, 0.25) is 17.5 Å². The van der Waals surface area contributed by atoms with Gasteiger partial charge in [0.05, 0.1) is 18.0 Å². The number of anilines is 2. The van der Waals surface area contributed by atoms with E-state index < -0.39 is 36.0 Å². The van der Waals surface area contributed by atoms with Crippen molar-refractivity contribution in [3.05, 3.63) is 18.2 Å². The summed E-state index contributed by atoms with van der Waals surface area (Å²) < 4.78 is 29.1. The lowest BCUT2D eigenvalue weighted by Gasteiger charge is -2.52. The fourth-order valence-electron chi connectivity index (χ4n) is 3.98. The number of benzene rings is 1. The lowest BCUT2D eigenvalue weighted by Crippen LogP contribution is -2.68. The maximum Gasteiger partial charge on any atom is 0.414 e. The van der Waals surface area contributed by atoms with E-state index in [-0.39, 0.29) is 19.0 Å².